The Kier molecular flexibility index (Phi) is 3.83. The smallest absolute Gasteiger partial charge is 0.195 e. The van der Waals surface area contributed by atoms with Crippen LogP contribution in [0.4, 0.5) is 0 Å². The molecule has 0 radical (unpaired) electrons. The van der Waals surface area contributed by atoms with Crippen molar-refractivity contribution in [3.8, 4) is 0 Å². The molecule has 5 nitrogen and oxygen atoms in total. The maximum atomic E-state index is 10.8. The molecule has 0 aromatic heterocycles. The van der Waals surface area contributed by atoms with E-state index in [0.29, 0.717) is 16.1 Å². The van der Waals surface area contributed by atoms with E-state index in [9.17, 15) is 10.4 Å². The van der Waals surface area contributed by atoms with Crippen LogP contribution in [0.25, 0.3) is 5.70 Å². The van der Waals surface area contributed by atoms with Crippen LogP contribution in [-0.2, 0) is 0 Å². The molecule has 0 aliphatic carbocycles. The molecule has 1 aliphatic rings. The number of benzene rings is 2. The van der Waals surface area contributed by atoms with E-state index in [4.69, 9.17) is 11.6 Å². The van der Waals surface area contributed by atoms with Gasteiger partial charge in [-0.1, -0.05) is 47.1 Å². The van der Waals surface area contributed by atoms with Gasteiger partial charge in [0.15, 0.2) is 5.66 Å². The Hall–Kier alpha value is -2.37. The minimum absolute atomic E-state index is 0.272. The zero-order chi connectivity index (χ0) is 16.6. The average Bonchev–Trinajstić information content (AvgIpc) is 2.56. The molecular formula is C17H16ClN3O2. The number of halogens is 1. The van der Waals surface area contributed by atoms with Gasteiger partial charge in [0.05, 0.1) is 11.1 Å². The second kappa shape index (κ2) is 5.68. The van der Waals surface area contributed by atoms with E-state index in [0.717, 1.165) is 15.8 Å². The third-order valence-electron chi connectivity index (χ3n) is 4.06. The molecule has 2 aromatic carbocycles. The Morgan fingerprint density at radius 3 is 2.57 bits per heavy atom. The lowest BCUT2D eigenvalue weighted by molar-refractivity contribution is -0.0856. The number of nitrogens with zero attached hydrogens (tertiary/aromatic N) is 3. The van der Waals surface area contributed by atoms with Crippen LogP contribution in [0.2, 0.25) is 5.02 Å². The number of oxime groups is 1. The van der Waals surface area contributed by atoms with Crippen LogP contribution < -0.4 is 10.6 Å². The van der Waals surface area contributed by atoms with Crippen molar-refractivity contribution < 1.29 is 10.4 Å². The summed E-state index contributed by atoms with van der Waals surface area (Å²) >= 11 is 6.12. The molecule has 0 saturated heterocycles. The Labute approximate surface area is 138 Å². The first-order valence-corrected chi connectivity index (χ1v) is 7.48. The van der Waals surface area contributed by atoms with Gasteiger partial charge in [0.1, 0.15) is 5.71 Å². The minimum Gasteiger partial charge on any atom is -0.411 e. The summed E-state index contributed by atoms with van der Waals surface area (Å²) in [5.41, 5.74) is 0.434. The van der Waals surface area contributed by atoms with Gasteiger partial charge in [-0.2, -0.15) is 0 Å². The number of hydrogen-bond acceptors (Lipinski definition) is 5. The van der Waals surface area contributed by atoms with Gasteiger partial charge in [0.25, 0.3) is 0 Å². The van der Waals surface area contributed by atoms with Crippen LogP contribution >= 0.6 is 11.6 Å². The van der Waals surface area contributed by atoms with Gasteiger partial charge < -0.3 is 5.21 Å². The van der Waals surface area contributed by atoms with E-state index in [2.05, 4.69) is 10.1 Å². The van der Waals surface area contributed by atoms with Crippen molar-refractivity contribution in [3.63, 3.8) is 0 Å². The first-order chi connectivity index (χ1) is 11.0. The maximum Gasteiger partial charge on any atom is 0.195 e. The number of rotatable bonds is 2. The molecule has 1 heterocycles. The molecule has 23 heavy (non-hydrogen) atoms. The van der Waals surface area contributed by atoms with Crippen molar-refractivity contribution in [1.29, 1.82) is 0 Å². The molecule has 6 heteroatoms. The molecule has 1 unspecified atom stereocenters. The molecule has 0 saturated carbocycles. The van der Waals surface area contributed by atoms with E-state index in [-0.39, 0.29) is 5.71 Å². The Bertz CT molecular complexity index is 896. The Morgan fingerprint density at radius 2 is 1.91 bits per heavy atom. The highest BCUT2D eigenvalue weighted by atomic mass is 35.5. The molecular weight excluding hydrogens is 314 g/mol. The van der Waals surface area contributed by atoms with Crippen molar-refractivity contribution in [1.82, 2.24) is 5.06 Å². The van der Waals surface area contributed by atoms with Crippen LogP contribution in [0.1, 0.15) is 19.4 Å². The normalized spacial score (nSPS) is 21.0. The van der Waals surface area contributed by atoms with E-state index >= 15 is 0 Å². The molecule has 0 amide bonds. The van der Waals surface area contributed by atoms with Gasteiger partial charge in [0, 0.05) is 15.8 Å². The lowest BCUT2D eigenvalue weighted by atomic mass is 10.00. The number of fused-ring (bicyclic) bond motifs is 1. The molecule has 1 aliphatic heterocycles. The fourth-order valence-corrected chi connectivity index (χ4v) is 2.78. The van der Waals surface area contributed by atoms with Gasteiger partial charge >= 0.3 is 0 Å². The Balaban J connectivity index is 2.42. The fraction of sp³-hybridized carbons (Fsp3) is 0.176. The van der Waals surface area contributed by atoms with Crippen molar-refractivity contribution in [2.75, 3.05) is 0 Å². The lowest BCUT2D eigenvalue weighted by Crippen LogP contribution is -2.55. The second-order valence-corrected chi connectivity index (χ2v) is 5.94. The summed E-state index contributed by atoms with van der Waals surface area (Å²) in [7, 11) is 0. The topological polar surface area (TPSA) is 68.4 Å². The van der Waals surface area contributed by atoms with Gasteiger partial charge in [-0.15, -0.1) is 0 Å². The fourth-order valence-electron chi connectivity index (χ4n) is 2.61. The highest BCUT2D eigenvalue weighted by molar-refractivity contribution is 6.30. The van der Waals surface area contributed by atoms with Crippen LogP contribution in [0.5, 0.6) is 0 Å². The number of hydroxylamine groups is 2. The first kappa shape index (κ1) is 15.5. The summed E-state index contributed by atoms with van der Waals surface area (Å²) in [6, 6.07) is 14.7. The van der Waals surface area contributed by atoms with Crippen LogP contribution in [-0.4, -0.2) is 26.9 Å². The van der Waals surface area contributed by atoms with Gasteiger partial charge in [0.2, 0.25) is 0 Å². The van der Waals surface area contributed by atoms with Crippen molar-refractivity contribution in [3.05, 3.63) is 69.7 Å². The maximum absolute atomic E-state index is 10.8. The number of hydrogen-bond donors (Lipinski definition) is 2. The molecule has 2 N–H and O–H groups in total. The minimum atomic E-state index is -1.21. The highest BCUT2D eigenvalue weighted by Gasteiger charge is 2.39. The second-order valence-electron chi connectivity index (χ2n) is 5.51. The average molecular weight is 330 g/mol. The predicted molar refractivity (Wildman–Crippen MR) is 88.1 cm³/mol. The summed E-state index contributed by atoms with van der Waals surface area (Å²) in [4.78, 5) is 4.55. The molecule has 1 atom stereocenters. The van der Waals surface area contributed by atoms with Crippen molar-refractivity contribution >= 4 is 23.0 Å². The molecule has 3 rings (SSSR count). The summed E-state index contributed by atoms with van der Waals surface area (Å²) in [6.07, 6.45) is 0. The summed E-state index contributed by atoms with van der Waals surface area (Å²) in [6.45, 7) is 3.29. The Morgan fingerprint density at radius 1 is 1.22 bits per heavy atom. The lowest BCUT2D eigenvalue weighted by Gasteiger charge is -2.37. The van der Waals surface area contributed by atoms with Gasteiger partial charge in [-0.05, 0) is 32.0 Å². The summed E-state index contributed by atoms with van der Waals surface area (Å²) < 4.78 is 0. The van der Waals surface area contributed by atoms with Crippen LogP contribution in [0.15, 0.2) is 58.7 Å². The molecule has 0 fully saturated rings. The zero-order valence-electron chi connectivity index (χ0n) is 12.7. The third kappa shape index (κ3) is 2.48. The monoisotopic (exact) mass is 329 g/mol. The third-order valence-corrected chi connectivity index (χ3v) is 4.29. The molecule has 118 valence electrons. The molecule has 0 spiro atoms. The first-order valence-electron chi connectivity index (χ1n) is 7.11. The largest absolute Gasteiger partial charge is 0.411 e. The van der Waals surface area contributed by atoms with Crippen LogP contribution in [0, 0.1) is 0 Å². The zero-order valence-corrected chi connectivity index (χ0v) is 13.5. The van der Waals surface area contributed by atoms with E-state index in [1.165, 1.54) is 0 Å². The van der Waals surface area contributed by atoms with E-state index in [1.807, 2.05) is 30.3 Å². The van der Waals surface area contributed by atoms with Gasteiger partial charge in [-0.25, -0.2) is 10.1 Å². The summed E-state index contributed by atoms with van der Waals surface area (Å²) in [5, 5.41) is 26.2. The SMILES string of the molecule is C/C(=N\O)C1(C)N=c2ccc(Cl)cc2=C(c2ccccc2)N1O. The predicted octanol–water partition coefficient (Wildman–Crippen LogP) is 2.39. The van der Waals surface area contributed by atoms with Crippen LogP contribution in [0.3, 0.4) is 0 Å². The van der Waals surface area contributed by atoms with Crippen molar-refractivity contribution in [2.45, 2.75) is 19.5 Å². The highest BCUT2D eigenvalue weighted by Crippen LogP contribution is 2.27. The standard InChI is InChI=1S/C17H16ClN3O2/c1-11(20-22)17(2)19-15-9-8-13(18)10-14(15)16(21(17)23)12-6-4-3-5-7-12/h3-10,22-23H,1-2H3/b20-11+. The molecule has 0 bridgehead atoms. The molecule has 2 aromatic rings. The van der Waals surface area contributed by atoms with Gasteiger partial charge in [-0.3, -0.25) is 5.21 Å². The quantitative estimate of drug-likeness (QED) is 0.505. The van der Waals surface area contributed by atoms with E-state index in [1.54, 1.807) is 32.0 Å². The summed E-state index contributed by atoms with van der Waals surface area (Å²) in [5.74, 6) is 0. The van der Waals surface area contributed by atoms with Crippen molar-refractivity contribution in [2.24, 2.45) is 10.1 Å². The van der Waals surface area contributed by atoms with E-state index < -0.39 is 5.66 Å².